The van der Waals surface area contributed by atoms with Crippen molar-refractivity contribution in [2.45, 2.75) is 18.9 Å². The molecule has 2 aromatic carbocycles. The highest BCUT2D eigenvalue weighted by Crippen LogP contribution is 2.28. The molecule has 1 unspecified atom stereocenters. The van der Waals surface area contributed by atoms with Crippen molar-refractivity contribution < 1.29 is 9.90 Å². The van der Waals surface area contributed by atoms with E-state index >= 15 is 0 Å². The van der Waals surface area contributed by atoms with Crippen LogP contribution in [-0.2, 0) is 17.6 Å². The van der Waals surface area contributed by atoms with E-state index in [4.69, 9.17) is 0 Å². The van der Waals surface area contributed by atoms with Gasteiger partial charge in [0.15, 0.2) is 0 Å². The Morgan fingerprint density at radius 2 is 1.57 bits per heavy atom. The van der Waals surface area contributed by atoms with Crippen molar-refractivity contribution in [2.75, 3.05) is 5.75 Å². The fraction of sp³-hybridized carbons (Fsp3) is 0.211. The first-order chi connectivity index (χ1) is 11.2. The van der Waals surface area contributed by atoms with Gasteiger partial charge in [-0.1, -0.05) is 60.7 Å². The van der Waals surface area contributed by atoms with Crippen LogP contribution in [0, 0.1) is 0 Å². The topological polar surface area (TPSA) is 49.3 Å². The Morgan fingerprint density at radius 1 is 0.957 bits per heavy atom. The molecule has 2 N–H and O–H groups in total. The second kappa shape index (κ2) is 7.38. The van der Waals surface area contributed by atoms with E-state index in [9.17, 15) is 9.90 Å². The molecule has 0 radical (unpaired) electrons. The van der Waals surface area contributed by atoms with Crippen LogP contribution in [0.1, 0.15) is 11.1 Å². The Balaban J connectivity index is 1.60. The third kappa shape index (κ3) is 3.96. The van der Waals surface area contributed by atoms with Gasteiger partial charge in [-0.2, -0.15) is 0 Å². The highest BCUT2D eigenvalue weighted by molar-refractivity contribution is 8.04. The van der Waals surface area contributed by atoms with Crippen molar-refractivity contribution >= 4 is 17.7 Å². The lowest BCUT2D eigenvalue weighted by atomic mass is 10.1. The SMILES string of the molecule is O=C1NC(Cc2ccccc2)C(O)=C1SCCc1ccccc1. The summed E-state index contributed by atoms with van der Waals surface area (Å²) >= 11 is 1.43. The molecule has 0 aromatic heterocycles. The molecule has 118 valence electrons. The Morgan fingerprint density at radius 3 is 2.22 bits per heavy atom. The van der Waals surface area contributed by atoms with E-state index in [1.54, 1.807) is 0 Å². The molecular formula is C19H19NO2S. The molecule has 3 rings (SSSR count). The van der Waals surface area contributed by atoms with Crippen molar-refractivity contribution in [1.29, 1.82) is 0 Å². The summed E-state index contributed by atoms with van der Waals surface area (Å²) in [6, 6.07) is 19.7. The molecule has 0 saturated carbocycles. The number of amides is 1. The molecule has 0 fully saturated rings. The van der Waals surface area contributed by atoms with Gasteiger partial charge in [-0.3, -0.25) is 4.79 Å². The van der Waals surface area contributed by atoms with Gasteiger partial charge in [0, 0.05) is 5.75 Å². The summed E-state index contributed by atoms with van der Waals surface area (Å²) in [7, 11) is 0. The molecular weight excluding hydrogens is 306 g/mol. The Hall–Kier alpha value is -2.20. The van der Waals surface area contributed by atoms with Gasteiger partial charge in [-0.15, -0.1) is 11.8 Å². The number of rotatable bonds is 6. The molecule has 1 heterocycles. The first kappa shape index (κ1) is 15.7. The summed E-state index contributed by atoms with van der Waals surface area (Å²) in [5.41, 5.74) is 2.33. The van der Waals surface area contributed by atoms with Crippen molar-refractivity contribution in [3.05, 3.63) is 82.5 Å². The summed E-state index contributed by atoms with van der Waals surface area (Å²) in [6.07, 6.45) is 1.49. The maximum Gasteiger partial charge on any atom is 0.261 e. The maximum atomic E-state index is 12.1. The molecule has 0 bridgehead atoms. The molecule has 0 aliphatic carbocycles. The highest BCUT2D eigenvalue weighted by atomic mass is 32.2. The summed E-state index contributed by atoms with van der Waals surface area (Å²) in [5, 5.41) is 13.2. The third-order valence-corrected chi connectivity index (χ3v) is 4.93. The number of carbonyl (C=O) groups excluding carboxylic acids is 1. The molecule has 23 heavy (non-hydrogen) atoms. The quantitative estimate of drug-likeness (QED) is 0.855. The Bertz CT molecular complexity index is 698. The normalized spacial score (nSPS) is 17.4. The van der Waals surface area contributed by atoms with E-state index in [2.05, 4.69) is 17.4 Å². The van der Waals surface area contributed by atoms with Gasteiger partial charge >= 0.3 is 0 Å². The fourth-order valence-electron chi connectivity index (χ4n) is 2.62. The first-order valence-corrected chi connectivity index (χ1v) is 8.67. The molecule has 3 nitrogen and oxygen atoms in total. The van der Waals surface area contributed by atoms with Crippen LogP contribution >= 0.6 is 11.8 Å². The van der Waals surface area contributed by atoms with E-state index in [1.165, 1.54) is 17.3 Å². The Kier molecular flexibility index (Phi) is 5.03. The van der Waals surface area contributed by atoms with Gasteiger partial charge < -0.3 is 10.4 Å². The van der Waals surface area contributed by atoms with Crippen LogP contribution in [0.15, 0.2) is 71.3 Å². The average molecular weight is 325 g/mol. The standard InChI is InChI=1S/C19H19NO2S/c21-17-16(13-15-9-5-2-6-10-15)20-19(22)18(17)23-12-11-14-7-3-1-4-8-14/h1-10,16,21H,11-13H2,(H,20,22). The van der Waals surface area contributed by atoms with Gasteiger partial charge in [0.25, 0.3) is 5.91 Å². The predicted octanol–water partition coefficient (Wildman–Crippen LogP) is 3.47. The largest absolute Gasteiger partial charge is 0.509 e. The maximum absolute atomic E-state index is 12.1. The van der Waals surface area contributed by atoms with Crippen molar-refractivity contribution in [3.8, 4) is 0 Å². The number of thioether (sulfide) groups is 1. The highest BCUT2D eigenvalue weighted by Gasteiger charge is 2.31. The van der Waals surface area contributed by atoms with Gasteiger partial charge in [0.2, 0.25) is 0 Å². The van der Waals surface area contributed by atoms with Crippen molar-refractivity contribution in [1.82, 2.24) is 5.32 Å². The molecule has 1 aliphatic heterocycles. The van der Waals surface area contributed by atoms with E-state index in [1.807, 2.05) is 48.5 Å². The van der Waals surface area contributed by atoms with Crippen LogP contribution < -0.4 is 5.32 Å². The van der Waals surface area contributed by atoms with Gasteiger partial charge in [0.1, 0.15) is 10.7 Å². The number of aliphatic hydroxyl groups is 1. The van der Waals surface area contributed by atoms with Gasteiger partial charge in [-0.25, -0.2) is 0 Å². The number of carbonyl (C=O) groups is 1. The molecule has 2 aromatic rings. The second-order valence-electron chi connectivity index (χ2n) is 5.51. The molecule has 1 aliphatic rings. The number of aryl methyl sites for hydroxylation is 1. The Labute approximate surface area is 140 Å². The molecule has 1 amide bonds. The summed E-state index contributed by atoms with van der Waals surface area (Å²) in [5.74, 6) is 0.785. The van der Waals surface area contributed by atoms with Crippen LogP contribution in [0.2, 0.25) is 0 Å². The average Bonchev–Trinajstić information content (AvgIpc) is 2.84. The molecule has 0 spiro atoms. The van der Waals surface area contributed by atoms with Crippen LogP contribution in [-0.4, -0.2) is 22.8 Å². The number of benzene rings is 2. The zero-order valence-electron chi connectivity index (χ0n) is 12.7. The van der Waals surface area contributed by atoms with Crippen molar-refractivity contribution in [3.63, 3.8) is 0 Å². The minimum absolute atomic E-state index is 0.165. The minimum atomic E-state index is -0.316. The number of aliphatic hydroxyl groups excluding tert-OH is 1. The summed E-state index contributed by atoms with van der Waals surface area (Å²) in [6.45, 7) is 0. The van der Waals surface area contributed by atoms with E-state index in [0.29, 0.717) is 11.3 Å². The fourth-order valence-corrected chi connectivity index (χ4v) is 3.64. The number of hydrogen-bond acceptors (Lipinski definition) is 3. The number of nitrogens with one attached hydrogen (secondary N) is 1. The third-order valence-electron chi connectivity index (χ3n) is 3.84. The minimum Gasteiger partial charge on any atom is -0.509 e. The van der Waals surface area contributed by atoms with E-state index in [0.717, 1.165) is 17.7 Å². The zero-order chi connectivity index (χ0) is 16.1. The van der Waals surface area contributed by atoms with E-state index < -0.39 is 0 Å². The lowest BCUT2D eigenvalue weighted by molar-refractivity contribution is -0.116. The predicted molar refractivity (Wildman–Crippen MR) is 94.3 cm³/mol. The number of hydrogen-bond donors (Lipinski definition) is 2. The smallest absolute Gasteiger partial charge is 0.261 e. The second-order valence-corrected chi connectivity index (χ2v) is 6.62. The van der Waals surface area contributed by atoms with Crippen LogP contribution in [0.3, 0.4) is 0 Å². The molecule has 0 saturated heterocycles. The van der Waals surface area contributed by atoms with Crippen molar-refractivity contribution in [2.24, 2.45) is 0 Å². The monoisotopic (exact) mass is 325 g/mol. The summed E-state index contributed by atoms with van der Waals surface area (Å²) < 4.78 is 0. The van der Waals surface area contributed by atoms with Crippen LogP contribution in [0.5, 0.6) is 0 Å². The summed E-state index contributed by atoms with van der Waals surface area (Å²) in [4.78, 5) is 12.5. The van der Waals surface area contributed by atoms with Crippen LogP contribution in [0.4, 0.5) is 0 Å². The first-order valence-electron chi connectivity index (χ1n) is 7.68. The van der Waals surface area contributed by atoms with Gasteiger partial charge in [0.05, 0.1) is 6.04 Å². The van der Waals surface area contributed by atoms with Gasteiger partial charge in [-0.05, 0) is 24.0 Å². The van der Waals surface area contributed by atoms with Crippen LogP contribution in [0.25, 0.3) is 0 Å². The zero-order valence-corrected chi connectivity index (χ0v) is 13.6. The molecule has 1 atom stereocenters. The van der Waals surface area contributed by atoms with E-state index in [-0.39, 0.29) is 17.7 Å². The molecule has 4 heteroatoms. The lowest BCUT2D eigenvalue weighted by Crippen LogP contribution is -2.30. The lowest BCUT2D eigenvalue weighted by Gasteiger charge is -2.10.